The van der Waals surface area contributed by atoms with Gasteiger partial charge in [-0.3, -0.25) is 0 Å². The van der Waals surface area contributed by atoms with E-state index in [2.05, 4.69) is 10.2 Å². The molecular formula is C11H18N4OS. The molecule has 5 nitrogen and oxygen atoms in total. The zero-order valence-electron chi connectivity index (χ0n) is 10.4. The molecule has 0 aliphatic carbocycles. The van der Waals surface area contributed by atoms with Crippen LogP contribution in [0.25, 0.3) is 0 Å². The number of likely N-dealkylation sites (N-methyl/N-ethyl adjacent to an activating group) is 1. The van der Waals surface area contributed by atoms with E-state index in [9.17, 15) is 0 Å². The molecular weight excluding hydrogens is 236 g/mol. The van der Waals surface area contributed by atoms with Crippen molar-refractivity contribution in [2.45, 2.75) is 20.8 Å². The number of aromatic nitrogens is 2. The van der Waals surface area contributed by atoms with Gasteiger partial charge in [-0.25, -0.2) is 0 Å². The van der Waals surface area contributed by atoms with Gasteiger partial charge in [-0.15, -0.1) is 5.10 Å². The molecule has 3 N–H and O–H groups in total. The summed E-state index contributed by atoms with van der Waals surface area (Å²) in [7, 11) is 0. The highest BCUT2D eigenvalue weighted by Gasteiger charge is 2.17. The molecule has 0 saturated carbocycles. The van der Waals surface area contributed by atoms with Crippen LogP contribution in [0.3, 0.4) is 0 Å². The van der Waals surface area contributed by atoms with Gasteiger partial charge in [0.1, 0.15) is 4.99 Å². The molecule has 0 amide bonds. The van der Waals surface area contributed by atoms with Gasteiger partial charge in [-0.05, 0) is 26.3 Å². The number of hydrogen-bond acceptors (Lipinski definition) is 5. The van der Waals surface area contributed by atoms with Crippen molar-refractivity contribution < 1.29 is 5.11 Å². The van der Waals surface area contributed by atoms with Gasteiger partial charge in [-0.1, -0.05) is 12.2 Å². The summed E-state index contributed by atoms with van der Waals surface area (Å²) >= 11 is 5.07. The smallest absolute Gasteiger partial charge is 0.161 e. The lowest BCUT2D eigenvalue weighted by Gasteiger charge is -2.23. The van der Waals surface area contributed by atoms with Gasteiger partial charge >= 0.3 is 0 Å². The summed E-state index contributed by atoms with van der Waals surface area (Å²) < 4.78 is 0. The second-order valence-electron chi connectivity index (χ2n) is 3.78. The van der Waals surface area contributed by atoms with Crippen LogP contribution in [0.2, 0.25) is 0 Å². The minimum Gasteiger partial charge on any atom is -0.395 e. The lowest BCUT2D eigenvalue weighted by atomic mass is 10.1. The van der Waals surface area contributed by atoms with Gasteiger partial charge in [0, 0.05) is 13.1 Å². The zero-order chi connectivity index (χ0) is 13.0. The Morgan fingerprint density at radius 3 is 2.53 bits per heavy atom. The van der Waals surface area contributed by atoms with E-state index in [0.29, 0.717) is 23.9 Å². The van der Waals surface area contributed by atoms with Crippen LogP contribution in [-0.2, 0) is 0 Å². The number of aryl methyl sites for hydroxylation is 1. The molecule has 1 aromatic rings. The van der Waals surface area contributed by atoms with E-state index in [1.165, 1.54) is 0 Å². The van der Waals surface area contributed by atoms with Crippen LogP contribution in [0.15, 0.2) is 0 Å². The summed E-state index contributed by atoms with van der Waals surface area (Å²) in [6.07, 6.45) is 0. The van der Waals surface area contributed by atoms with Gasteiger partial charge in [-0.2, -0.15) is 5.10 Å². The molecule has 0 fully saturated rings. The summed E-state index contributed by atoms with van der Waals surface area (Å²) in [5.41, 5.74) is 8.26. The second kappa shape index (κ2) is 5.88. The Morgan fingerprint density at radius 2 is 2.06 bits per heavy atom. The molecule has 94 valence electrons. The SMILES string of the molecule is CCN(CCO)c1nnc(C)c(C)c1C(N)=S. The standard InChI is InChI=1S/C11H18N4OS/c1-4-15(5-6-16)11-9(10(12)17)7(2)8(3)13-14-11/h16H,4-6H2,1-3H3,(H2,12,17). The quantitative estimate of drug-likeness (QED) is 0.747. The maximum Gasteiger partial charge on any atom is 0.161 e. The fourth-order valence-electron chi connectivity index (χ4n) is 1.65. The number of aliphatic hydroxyl groups is 1. The molecule has 1 heterocycles. The van der Waals surface area contributed by atoms with Gasteiger partial charge in [0.2, 0.25) is 0 Å². The van der Waals surface area contributed by atoms with Gasteiger partial charge in [0.15, 0.2) is 5.82 Å². The van der Waals surface area contributed by atoms with Crippen molar-refractivity contribution in [3.05, 3.63) is 16.8 Å². The summed E-state index contributed by atoms with van der Waals surface area (Å²) in [6.45, 7) is 7.04. The van der Waals surface area contributed by atoms with Crippen molar-refractivity contribution in [3.8, 4) is 0 Å². The first-order chi connectivity index (χ1) is 8.02. The van der Waals surface area contributed by atoms with Crippen LogP contribution >= 0.6 is 12.2 Å². The van der Waals surface area contributed by atoms with Crippen molar-refractivity contribution in [3.63, 3.8) is 0 Å². The maximum absolute atomic E-state index is 9.03. The molecule has 0 aliphatic heterocycles. The number of hydrogen-bond donors (Lipinski definition) is 2. The third kappa shape index (κ3) is 2.89. The minimum absolute atomic E-state index is 0.0548. The summed E-state index contributed by atoms with van der Waals surface area (Å²) in [6, 6.07) is 0. The highest BCUT2D eigenvalue weighted by atomic mass is 32.1. The number of aliphatic hydroxyl groups excluding tert-OH is 1. The molecule has 1 rings (SSSR count). The Morgan fingerprint density at radius 1 is 1.41 bits per heavy atom. The van der Waals surface area contributed by atoms with E-state index >= 15 is 0 Å². The molecule has 0 bridgehead atoms. The van der Waals surface area contributed by atoms with Gasteiger partial charge in [0.25, 0.3) is 0 Å². The molecule has 0 aromatic carbocycles. The number of rotatable bonds is 5. The fraction of sp³-hybridized carbons (Fsp3) is 0.545. The largest absolute Gasteiger partial charge is 0.395 e. The van der Waals surface area contributed by atoms with Crippen LogP contribution in [0.1, 0.15) is 23.7 Å². The van der Waals surface area contributed by atoms with Crippen molar-refractivity contribution in [2.24, 2.45) is 5.73 Å². The van der Waals surface area contributed by atoms with E-state index in [-0.39, 0.29) is 6.61 Å². The zero-order valence-corrected chi connectivity index (χ0v) is 11.2. The average Bonchev–Trinajstić information content (AvgIpc) is 2.29. The Hall–Kier alpha value is -1.27. The van der Waals surface area contributed by atoms with Crippen molar-refractivity contribution in [1.29, 1.82) is 0 Å². The van der Waals surface area contributed by atoms with Gasteiger partial charge in [0.05, 0.1) is 17.9 Å². The molecule has 0 spiro atoms. The molecule has 0 radical (unpaired) electrons. The van der Waals surface area contributed by atoms with Crippen LogP contribution in [0.5, 0.6) is 0 Å². The van der Waals surface area contributed by atoms with E-state index in [1.54, 1.807) is 0 Å². The van der Waals surface area contributed by atoms with Crippen LogP contribution < -0.4 is 10.6 Å². The predicted molar refractivity (Wildman–Crippen MR) is 72.4 cm³/mol. The second-order valence-corrected chi connectivity index (χ2v) is 4.22. The fourth-order valence-corrected chi connectivity index (χ4v) is 1.89. The summed E-state index contributed by atoms with van der Waals surface area (Å²) in [4.78, 5) is 2.22. The van der Waals surface area contributed by atoms with Crippen LogP contribution in [0, 0.1) is 13.8 Å². The Bertz CT molecular complexity index is 422. The van der Waals surface area contributed by atoms with Gasteiger partial charge < -0.3 is 15.7 Å². The van der Waals surface area contributed by atoms with E-state index in [4.69, 9.17) is 23.1 Å². The maximum atomic E-state index is 9.03. The lowest BCUT2D eigenvalue weighted by Crippen LogP contribution is -2.31. The van der Waals surface area contributed by atoms with Crippen molar-refractivity contribution in [1.82, 2.24) is 10.2 Å². The molecule has 0 saturated heterocycles. The van der Waals surface area contributed by atoms with Crippen molar-refractivity contribution in [2.75, 3.05) is 24.6 Å². The predicted octanol–water partition coefficient (Wildman–Crippen LogP) is 0.546. The van der Waals surface area contributed by atoms with E-state index in [1.807, 2.05) is 25.7 Å². The molecule has 6 heteroatoms. The number of anilines is 1. The minimum atomic E-state index is 0.0548. The average molecular weight is 254 g/mol. The molecule has 17 heavy (non-hydrogen) atoms. The first kappa shape index (κ1) is 13.8. The monoisotopic (exact) mass is 254 g/mol. The summed E-state index contributed by atoms with van der Waals surface area (Å²) in [5.74, 6) is 0.650. The third-order valence-electron chi connectivity index (χ3n) is 2.73. The Balaban J connectivity index is 3.31. The Labute approximate surface area is 107 Å². The molecule has 0 atom stereocenters. The first-order valence-electron chi connectivity index (χ1n) is 5.52. The van der Waals surface area contributed by atoms with Crippen molar-refractivity contribution >= 4 is 23.0 Å². The summed E-state index contributed by atoms with van der Waals surface area (Å²) in [5, 5.41) is 17.3. The number of nitrogens with two attached hydrogens (primary N) is 1. The van der Waals surface area contributed by atoms with E-state index < -0.39 is 0 Å². The number of thiocarbonyl (C=S) groups is 1. The molecule has 0 aliphatic rings. The topological polar surface area (TPSA) is 75.3 Å². The first-order valence-corrected chi connectivity index (χ1v) is 5.93. The highest BCUT2D eigenvalue weighted by molar-refractivity contribution is 7.80. The lowest BCUT2D eigenvalue weighted by molar-refractivity contribution is 0.302. The molecule has 0 unspecified atom stereocenters. The highest BCUT2D eigenvalue weighted by Crippen LogP contribution is 2.21. The third-order valence-corrected chi connectivity index (χ3v) is 2.94. The van der Waals surface area contributed by atoms with Crippen LogP contribution in [-0.4, -0.2) is 40.0 Å². The van der Waals surface area contributed by atoms with E-state index in [0.717, 1.165) is 16.8 Å². The number of nitrogens with zero attached hydrogens (tertiary/aromatic N) is 3. The van der Waals surface area contributed by atoms with Crippen LogP contribution in [0.4, 0.5) is 5.82 Å². The molecule has 1 aromatic heterocycles. The Kier molecular flexibility index (Phi) is 4.77. The normalized spacial score (nSPS) is 10.4.